The monoisotopic (exact) mass is 231 g/mol. The Morgan fingerprint density at radius 1 is 1.53 bits per heavy atom. The largest absolute Gasteiger partial charge is 0.379 e. The maximum Gasteiger partial charge on any atom is 0.129 e. The average molecular weight is 232 g/mol. The number of ether oxygens (including phenoxy) is 1. The minimum atomic E-state index is -0.436. The quantitative estimate of drug-likeness (QED) is 0.791. The van der Waals surface area contributed by atoms with Crippen LogP contribution in [0.15, 0.2) is 18.2 Å². The molecule has 0 spiro atoms. The smallest absolute Gasteiger partial charge is 0.129 e. The van der Waals surface area contributed by atoms with Crippen LogP contribution in [0.25, 0.3) is 0 Å². The zero-order chi connectivity index (χ0) is 11.3. The Hall–Kier alpha value is -0.640. The van der Waals surface area contributed by atoms with Gasteiger partial charge in [-0.2, -0.15) is 0 Å². The first-order chi connectivity index (χ1) is 7.15. The molecular weight excluding hydrogens is 217 g/mol. The van der Waals surface area contributed by atoms with Crippen LogP contribution >= 0.6 is 11.6 Å². The van der Waals surface area contributed by atoms with E-state index < -0.39 is 6.04 Å². The Balaban J connectivity index is 2.61. The molecule has 0 saturated carbocycles. The molecule has 0 bridgehead atoms. The Labute approximate surface area is 94.2 Å². The number of hydrogen-bond donors (Lipinski definition) is 1. The molecule has 2 N–H and O–H groups in total. The molecule has 0 aliphatic heterocycles. The van der Waals surface area contributed by atoms with Crippen LogP contribution in [-0.2, 0) is 4.74 Å². The summed E-state index contributed by atoms with van der Waals surface area (Å²) >= 11 is 5.64. The lowest BCUT2D eigenvalue weighted by atomic mass is 10.1. The summed E-state index contributed by atoms with van der Waals surface area (Å²) < 4.78 is 18.6. The van der Waals surface area contributed by atoms with Gasteiger partial charge in [0.1, 0.15) is 5.82 Å². The molecule has 0 fully saturated rings. The third kappa shape index (κ3) is 3.78. The second kappa shape index (κ2) is 6.05. The molecule has 1 unspecified atom stereocenters. The van der Waals surface area contributed by atoms with Crippen LogP contribution in [-0.4, -0.2) is 13.2 Å². The van der Waals surface area contributed by atoms with Crippen molar-refractivity contribution in [1.82, 2.24) is 0 Å². The second-order valence-electron chi connectivity index (χ2n) is 3.35. The Bertz CT molecular complexity index is 319. The average Bonchev–Trinajstić information content (AvgIpc) is 2.17. The van der Waals surface area contributed by atoms with E-state index in [9.17, 15) is 4.39 Å². The number of halogens is 2. The van der Waals surface area contributed by atoms with Crippen molar-refractivity contribution in [1.29, 1.82) is 0 Å². The van der Waals surface area contributed by atoms with E-state index >= 15 is 0 Å². The summed E-state index contributed by atoms with van der Waals surface area (Å²) in [4.78, 5) is 0. The molecule has 0 amide bonds. The lowest BCUT2D eigenvalue weighted by Gasteiger charge is -2.13. The van der Waals surface area contributed by atoms with E-state index in [1.807, 2.05) is 6.92 Å². The Morgan fingerprint density at radius 2 is 2.27 bits per heavy atom. The predicted octanol–water partition coefficient (Wildman–Crippen LogP) is 2.91. The molecular formula is C11H15ClFNO. The van der Waals surface area contributed by atoms with Gasteiger partial charge in [0.15, 0.2) is 0 Å². The summed E-state index contributed by atoms with van der Waals surface area (Å²) in [6, 6.07) is 4.04. The standard InChI is InChI=1S/C11H15ClFNO/c1-2-5-15-7-11(14)9-4-3-8(12)6-10(9)13/h3-4,6,11H,2,5,7,14H2,1H3. The summed E-state index contributed by atoms with van der Waals surface area (Å²) in [7, 11) is 0. The summed E-state index contributed by atoms with van der Waals surface area (Å²) in [5.74, 6) is -0.380. The van der Waals surface area contributed by atoms with Gasteiger partial charge in [0.2, 0.25) is 0 Å². The first-order valence-electron chi connectivity index (χ1n) is 4.93. The van der Waals surface area contributed by atoms with Gasteiger partial charge in [-0.25, -0.2) is 4.39 Å². The molecule has 0 radical (unpaired) electrons. The third-order valence-electron chi connectivity index (χ3n) is 2.01. The van der Waals surface area contributed by atoms with Crippen molar-refractivity contribution >= 4 is 11.6 Å². The van der Waals surface area contributed by atoms with Crippen LogP contribution < -0.4 is 5.73 Å². The molecule has 0 aromatic heterocycles. The zero-order valence-corrected chi connectivity index (χ0v) is 9.43. The molecule has 84 valence electrons. The fraction of sp³-hybridized carbons (Fsp3) is 0.455. The molecule has 0 saturated heterocycles. The van der Waals surface area contributed by atoms with Crippen molar-refractivity contribution in [2.75, 3.05) is 13.2 Å². The molecule has 15 heavy (non-hydrogen) atoms. The first-order valence-corrected chi connectivity index (χ1v) is 5.31. The van der Waals surface area contributed by atoms with E-state index in [2.05, 4.69) is 0 Å². The van der Waals surface area contributed by atoms with E-state index in [1.54, 1.807) is 12.1 Å². The van der Waals surface area contributed by atoms with Gasteiger partial charge in [0, 0.05) is 17.2 Å². The SMILES string of the molecule is CCCOCC(N)c1ccc(Cl)cc1F. The number of nitrogens with two attached hydrogens (primary N) is 1. The van der Waals surface area contributed by atoms with Crippen LogP contribution in [0.3, 0.4) is 0 Å². The Morgan fingerprint density at radius 3 is 2.87 bits per heavy atom. The highest BCUT2D eigenvalue weighted by Crippen LogP contribution is 2.19. The normalized spacial score (nSPS) is 12.8. The highest BCUT2D eigenvalue weighted by atomic mass is 35.5. The highest BCUT2D eigenvalue weighted by molar-refractivity contribution is 6.30. The molecule has 0 aliphatic rings. The maximum absolute atomic E-state index is 13.4. The van der Waals surface area contributed by atoms with E-state index in [0.717, 1.165) is 6.42 Å². The van der Waals surface area contributed by atoms with Crippen molar-refractivity contribution in [3.05, 3.63) is 34.6 Å². The predicted molar refractivity (Wildman–Crippen MR) is 59.4 cm³/mol. The van der Waals surface area contributed by atoms with E-state index in [4.69, 9.17) is 22.1 Å². The Kier molecular flexibility index (Phi) is 5.02. The summed E-state index contributed by atoms with van der Waals surface area (Å²) in [6.07, 6.45) is 0.926. The van der Waals surface area contributed by atoms with Gasteiger partial charge < -0.3 is 10.5 Å². The van der Waals surface area contributed by atoms with Crippen LogP contribution in [0.5, 0.6) is 0 Å². The number of hydrogen-bond acceptors (Lipinski definition) is 2. The minimum Gasteiger partial charge on any atom is -0.379 e. The molecule has 4 heteroatoms. The molecule has 0 heterocycles. The third-order valence-corrected chi connectivity index (χ3v) is 2.24. The van der Waals surface area contributed by atoms with Crippen molar-refractivity contribution in [2.24, 2.45) is 5.73 Å². The van der Waals surface area contributed by atoms with Gasteiger partial charge in [-0.15, -0.1) is 0 Å². The van der Waals surface area contributed by atoms with Crippen LogP contribution in [0.4, 0.5) is 4.39 Å². The molecule has 0 aliphatic carbocycles. The lowest BCUT2D eigenvalue weighted by molar-refractivity contribution is 0.121. The van der Waals surface area contributed by atoms with Crippen molar-refractivity contribution in [2.45, 2.75) is 19.4 Å². The fourth-order valence-corrected chi connectivity index (χ4v) is 1.41. The lowest BCUT2D eigenvalue weighted by Crippen LogP contribution is -2.18. The summed E-state index contributed by atoms with van der Waals surface area (Å²) in [5.41, 5.74) is 6.22. The molecule has 1 aromatic rings. The number of rotatable bonds is 5. The van der Waals surface area contributed by atoms with E-state index in [-0.39, 0.29) is 5.82 Å². The van der Waals surface area contributed by atoms with Gasteiger partial charge in [0.05, 0.1) is 12.6 Å². The van der Waals surface area contributed by atoms with E-state index in [1.165, 1.54) is 6.07 Å². The molecule has 1 rings (SSSR count). The van der Waals surface area contributed by atoms with Gasteiger partial charge in [-0.1, -0.05) is 24.6 Å². The van der Waals surface area contributed by atoms with Crippen LogP contribution in [0.1, 0.15) is 24.9 Å². The molecule has 2 nitrogen and oxygen atoms in total. The summed E-state index contributed by atoms with van der Waals surface area (Å²) in [5, 5.41) is 0.373. The van der Waals surface area contributed by atoms with Crippen LogP contribution in [0.2, 0.25) is 5.02 Å². The zero-order valence-electron chi connectivity index (χ0n) is 8.67. The summed E-state index contributed by atoms with van der Waals surface area (Å²) in [6.45, 7) is 2.98. The van der Waals surface area contributed by atoms with Crippen molar-refractivity contribution in [3.8, 4) is 0 Å². The van der Waals surface area contributed by atoms with Gasteiger partial charge in [-0.3, -0.25) is 0 Å². The van der Waals surface area contributed by atoms with Crippen LogP contribution in [0, 0.1) is 5.82 Å². The maximum atomic E-state index is 13.4. The van der Waals surface area contributed by atoms with Gasteiger partial charge in [0.25, 0.3) is 0 Å². The van der Waals surface area contributed by atoms with E-state index in [0.29, 0.717) is 23.8 Å². The fourth-order valence-electron chi connectivity index (χ4n) is 1.25. The molecule has 1 aromatic carbocycles. The van der Waals surface area contributed by atoms with Gasteiger partial charge in [-0.05, 0) is 18.6 Å². The highest BCUT2D eigenvalue weighted by Gasteiger charge is 2.11. The first kappa shape index (κ1) is 12.4. The second-order valence-corrected chi connectivity index (χ2v) is 3.78. The van der Waals surface area contributed by atoms with Crippen molar-refractivity contribution < 1.29 is 9.13 Å². The van der Waals surface area contributed by atoms with Gasteiger partial charge >= 0.3 is 0 Å². The molecule has 1 atom stereocenters. The topological polar surface area (TPSA) is 35.2 Å². The number of benzene rings is 1. The minimum absolute atomic E-state index is 0.326. The van der Waals surface area contributed by atoms with Crippen molar-refractivity contribution in [3.63, 3.8) is 0 Å².